The van der Waals surface area contributed by atoms with Crippen LogP contribution in [0.5, 0.6) is 0 Å². The molecule has 0 saturated heterocycles. The fourth-order valence-electron chi connectivity index (χ4n) is 2.08. The van der Waals surface area contributed by atoms with Gasteiger partial charge in [-0.25, -0.2) is 9.37 Å². The molecule has 0 atom stereocenters. The van der Waals surface area contributed by atoms with Crippen molar-refractivity contribution < 1.29 is 9.18 Å². The van der Waals surface area contributed by atoms with Crippen molar-refractivity contribution in [3.05, 3.63) is 59.7 Å². The largest absolute Gasteiger partial charge is 0.331 e. The molecule has 1 aromatic heterocycles. The van der Waals surface area contributed by atoms with E-state index < -0.39 is 0 Å². The van der Waals surface area contributed by atoms with Crippen molar-refractivity contribution in [3.8, 4) is 11.3 Å². The lowest BCUT2D eigenvalue weighted by Gasteiger charge is -2.03. The van der Waals surface area contributed by atoms with E-state index in [1.165, 1.54) is 30.4 Å². The molecule has 0 saturated carbocycles. The Balaban J connectivity index is 1.75. The summed E-state index contributed by atoms with van der Waals surface area (Å²) in [4.78, 5) is 15.5. The first-order valence-corrected chi connectivity index (χ1v) is 7.84. The minimum absolute atomic E-state index is 0.104. The first-order valence-electron chi connectivity index (χ1n) is 6.96. The van der Waals surface area contributed by atoms with E-state index in [-0.39, 0.29) is 11.7 Å². The first-order chi connectivity index (χ1) is 11.1. The van der Waals surface area contributed by atoms with Gasteiger partial charge in [0.25, 0.3) is 0 Å². The number of hydrogen-bond donors (Lipinski definition) is 2. The molecule has 4 nitrogen and oxygen atoms in total. The zero-order valence-corrected chi connectivity index (χ0v) is 13.2. The summed E-state index contributed by atoms with van der Waals surface area (Å²) in [6, 6.07) is 13.7. The number of anilines is 3. The van der Waals surface area contributed by atoms with Crippen LogP contribution >= 0.6 is 11.3 Å². The van der Waals surface area contributed by atoms with Gasteiger partial charge >= 0.3 is 0 Å². The average molecular weight is 327 g/mol. The van der Waals surface area contributed by atoms with Gasteiger partial charge in [-0.3, -0.25) is 4.79 Å². The van der Waals surface area contributed by atoms with E-state index in [0.29, 0.717) is 10.8 Å². The summed E-state index contributed by atoms with van der Waals surface area (Å²) in [6.45, 7) is 1.47. The fourth-order valence-corrected chi connectivity index (χ4v) is 2.82. The summed E-state index contributed by atoms with van der Waals surface area (Å²) in [7, 11) is 0. The van der Waals surface area contributed by atoms with Crippen molar-refractivity contribution in [2.75, 3.05) is 10.6 Å². The van der Waals surface area contributed by atoms with Crippen molar-refractivity contribution in [1.82, 2.24) is 4.98 Å². The number of carbonyl (C=O) groups excluding carboxylic acids is 1. The highest BCUT2D eigenvalue weighted by Crippen LogP contribution is 2.28. The van der Waals surface area contributed by atoms with Gasteiger partial charge in [0.1, 0.15) is 5.82 Å². The van der Waals surface area contributed by atoms with E-state index in [1.807, 2.05) is 29.6 Å². The van der Waals surface area contributed by atoms with E-state index in [1.54, 1.807) is 12.1 Å². The summed E-state index contributed by atoms with van der Waals surface area (Å²) in [5.74, 6) is -0.395. The third kappa shape index (κ3) is 3.92. The number of thiazole rings is 1. The van der Waals surface area contributed by atoms with Gasteiger partial charge in [0.15, 0.2) is 5.13 Å². The molecule has 0 fully saturated rings. The van der Waals surface area contributed by atoms with Crippen molar-refractivity contribution in [3.63, 3.8) is 0 Å². The van der Waals surface area contributed by atoms with E-state index in [9.17, 15) is 9.18 Å². The van der Waals surface area contributed by atoms with Crippen LogP contribution in [0, 0.1) is 5.82 Å². The maximum absolute atomic E-state index is 13.2. The van der Waals surface area contributed by atoms with Gasteiger partial charge in [-0.05, 0) is 30.3 Å². The predicted molar refractivity (Wildman–Crippen MR) is 91.5 cm³/mol. The second-order valence-electron chi connectivity index (χ2n) is 4.93. The van der Waals surface area contributed by atoms with Crippen LogP contribution in [-0.4, -0.2) is 10.9 Å². The second kappa shape index (κ2) is 6.58. The van der Waals surface area contributed by atoms with Gasteiger partial charge in [0.2, 0.25) is 5.91 Å². The molecule has 0 aliphatic carbocycles. The summed E-state index contributed by atoms with van der Waals surface area (Å²) in [6.07, 6.45) is 0. The molecular formula is C17H14FN3OS. The van der Waals surface area contributed by atoms with Crippen LogP contribution in [0.3, 0.4) is 0 Å². The van der Waals surface area contributed by atoms with E-state index in [4.69, 9.17) is 0 Å². The van der Waals surface area contributed by atoms with Crippen molar-refractivity contribution in [1.29, 1.82) is 0 Å². The Kier molecular flexibility index (Phi) is 4.34. The number of nitrogens with zero attached hydrogens (tertiary/aromatic N) is 1. The molecule has 0 aliphatic rings. The fraction of sp³-hybridized carbons (Fsp3) is 0.0588. The number of nitrogens with one attached hydrogen (secondary N) is 2. The standard InChI is InChI=1S/C17H14FN3OS/c1-11(22)19-14-7-5-12(6-8-14)16-10-23-17(21-16)20-15-4-2-3-13(18)9-15/h2-10H,1H3,(H,19,22)(H,20,21). The van der Waals surface area contributed by atoms with Gasteiger partial charge < -0.3 is 10.6 Å². The van der Waals surface area contributed by atoms with E-state index in [0.717, 1.165) is 16.9 Å². The van der Waals surface area contributed by atoms with E-state index in [2.05, 4.69) is 15.6 Å². The summed E-state index contributed by atoms with van der Waals surface area (Å²) in [5.41, 5.74) is 3.17. The number of benzene rings is 2. The minimum Gasteiger partial charge on any atom is -0.331 e. The zero-order chi connectivity index (χ0) is 16.2. The quantitative estimate of drug-likeness (QED) is 0.733. The zero-order valence-electron chi connectivity index (χ0n) is 12.3. The highest BCUT2D eigenvalue weighted by molar-refractivity contribution is 7.14. The van der Waals surface area contributed by atoms with Crippen molar-refractivity contribution >= 4 is 33.8 Å². The Bertz CT molecular complexity index is 830. The Morgan fingerprint density at radius 2 is 1.91 bits per heavy atom. The highest BCUT2D eigenvalue weighted by Gasteiger charge is 2.06. The van der Waals surface area contributed by atoms with Crippen LogP contribution < -0.4 is 10.6 Å². The molecule has 1 amide bonds. The van der Waals surface area contributed by atoms with Gasteiger partial charge in [-0.15, -0.1) is 11.3 Å². The Morgan fingerprint density at radius 1 is 1.13 bits per heavy atom. The van der Waals surface area contributed by atoms with Crippen molar-refractivity contribution in [2.45, 2.75) is 6.92 Å². The molecule has 116 valence electrons. The molecule has 2 N–H and O–H groups in total. The maximum Gasteiger partial charge on any atom is 0.221 e. The monoisotopic (exact) mass is 327 g/mol. The van der Waals surface area contributed by atoms with Gasteiger partial charge in [-0.2, -0.15) is 0 Å². The lowest BCUT2D eigenvalue weighted by Crippen LogP contribution is -2.05. The normalized spacial score (nSPS) is 10.3. The first kappa shape index (κ1) is 15.2. The molecule has 0 aliphatic heterocycles. The van der Waals surface area contributed by atoms with Crippen LogP contribution in [0.1, 0.15) is 6.92 Å². The molecule has 23 heavy (non-hydrogen) atoms. The van der Waals surface area contributed by atoms with Gasteiger partial charge in [-0.1, -0.05) is 18.2 Å². The number of hydrogen-bond acceptors (Lipinski definition) is 4. The summed E-state index contributed by atoms with van der Waals surface area (Å²) >= 11 is 1.45. The van der Waals surface area contributed by atoms with Crippen LogP contribution in [-0.2, 0) is 4.79 Å². The van der Waals surface area contributed by atoms with Crippen LogP contribution in [0.2, 0.25) is 0 Å². The average Bonchev–Trinajstić information content (AvgIpc) is 2.96. The Hall–Kier alpha value is -2.73. The number of aromatic nitrogens is 1. The van der Waals surface area contributed by atoms with Crippen molar-refractivity contribution in [2.24, 2.45) is 0 Å². The molecular weight excluding hydrogens is 313 g/mol. The maximum atomic E-state index is 13.2. The van der Waals surface area contributed by atoms with Gasteiger partial charge in [0.05, 0.1) is 5.69 Å². The Labute approximate surface area is 137 Å². The molecule has 0 spiro atoms. The number of halogens is 1. The summed E-state index contributed by atoms with van der Waals surface area (Å²) < 4.78 is 13.2. The molecule has 0 bridgehead atoms. The third-order valence-electron chi connectivity index (χ3n) is 3.08. The SMILES string of the molecule is CC(=O)Nc1ccc(-c2csc(Nc3cccc(F)c3)n2)cc1. The molecule has 1 heterocycles. The summed E-state index contributed by atoms with van der Waals surface area (Å²) in [5, 5.41) is 8.42. The molecule has 3 rings (SSSR count). The second-order valence-corrected chi connectivity index (χ2v) is 5.79. The lowest BCUT2D eigenvalue weighted by molar-refractivity contribution is -0.114. The van der Waals surface area contributed by atoms with Crippen LogP contribution in [0.4, 0.5) is 20.9 Å². The molecule has 0 radical (unpaired) electrons. The smallest absolute Gasteiger partial charge is 0.221 e. The Morgan fingerprint density at radius 3 is 2.61 bits per heavy atom. The predicted octanol–water partition coefficient (Wildman–Crippen LogP) is 4.65. The third-order valence-corrected chi connectivity index (χ3v) is 3.84. The number of carbonyl (C=O) groups is 1. The van der Waals surface area contributed by atoms with E-state index >= 15 is 0 Å². The molecule has 3 aromatic rings. The van der Waals surface area contributed by atoms with Gasteiger partial charge in [0, 0.05) is 29.2 Å². The van der Waals surface area contributed by atoms with Crippen LogP contribution in [0.25, 0.3) is 11.3 Å². The molecule has 2 aromatic carbocycles. The lowest BCUT2D eigenvalue weighted by atomic mass is 10.1. The number of amides is 1. The highest BCUT2D eigenvalue weighted by atomic mass is 32.1. The minimum atomic E-state index is -0.291. The molecule has 6 heteroatoms. The molecule has 0 unspecified atom stereocenters. The topological polar surface area (TPSA) is 54.0 Å². The van der Waals surface area contributed by atoms with Crippen LogP contribution in [0.15, 0.2) is 53.9 Å². The number of rotatable bonds is 4.